The first-order valence-electron chi connectivity index (χ1n) is 4.64. The highest BCUT2D eigenvalue weighted by atomic mass is 16.5. The van der Waals surface area contributed by atoms with Gasteiger partial charge in [-0.15, -0.1) is 0 Å². The monoisotopic (exact) mass is 169 g/mol. The lowest BCUT2D eigenvalue weighted by molar-refractivity contribution is -0.0124. The van der Waals surface area contributed by atoms with E-state index in [0.717, 1.165) is 19.4 Å². The van der Waals surface area contributed by atoms with Gasteiger partial charge in [-0.25, -0.2) is 0 Å². The zero-order valence-electron chi connectivity index (χ0n) is 8.34. The average Bonchev–Trinajstić information content (AvgIpc) is 1.96. The Kier molecular flexibility index (Phi) is 3.15. The fourth-order valence-electron chi connectivity index (χ4n) is 1.52. The van der Waals surface area contributed by atoms with Crippen LogP contribution in [-0.2, 0) is 4.74 Å². The molecule has 1 rings (SSSR count). The Morgan fingerprint density at radius 1 is 1.58 bits per heavy atom. The van der Waals surface area contributed by atoms with Gasteiger partial charge in [0.15, 0.2) is 0 Å². The van der Waals surface area contributed by atoms with E-state index in [4.69, 9.17) is 4.74 Å². The van der Waals surface area contributed by atoms with Gasteiger partial charge in [0.1, 0.15) is 0 Å². The van der Waals surface area contributed by atoms with Gasteiger partial charge in [-0.3, -0.25) is 0 Å². The summed E-state index contributed by atoms with van der Waals surface area (Å²) in [5.74, 6) is 0. The Bertz CT molecular complexity index is 165. The van der Waals surface area contributed by atoms with Crippen LogP contribution in [-0.4, -0.2) is 30.7 Å². The largest absolute Gasteiger partial charge is 0.378 e. The Hall–Kier alpha value is -0.500. The van der Waals surface area contributed by atoms with Gasteiger partial charge in [0.25, 0.3) is 0 Å². The molecule has 0 aromatic carbocycles. The Labute approximate surface area is 75.2 Å². The molecular formula is C10H19NO. The highest BCUT2D eigenvalue weighted by Crippen LogP contribution is 2.20. The van der Waals surface area contributed by atoms with Crippen molar-refractivity contribution in [1.29, 1.82) is 0 Å². The minimum Gasteiger partial charge on any atom is -0.378 e. The van der Waals surface area contributed by atoms with Crippen LogP contribution in [0.4, 0.5) is 0 Å². The van der Waals surface area contributed by atoms with Gasteiger partial charge in [-0.2, -0.15) is 0 Å². The molecule has 1 saturated heterocycles. The molecule has 0 saturated carbocycles. The van der Waals surface area contributed by atoms with Crippen LogP contribution in [0.5, 0.6) is 0 Å². The van der Waals surface area contributed by atoms with E-state index in [0.29, 0.717) is 12.2 Å². The zero-order valence-corrected chi connectivity index (χ0v) is 8.34. The highest BCUT2D eigenvalue weighted by Gasteiger charge is 2.20. The van der Waals surface area contributed by atoms with Crippen molar-refractivity contribution in [3.8, 4) is 0 Å². The van der Waals surface area contributed by atoms with Crippen LogP contribution in [0, 0.1) is 0 Å². The van der Waals surface area contributed by atoms with Crippen molar-refractivity contribution in [1.82, 2.24) is 4.90 Å². The molecule has 0 amide bonds. The van der Waals surface area contributed by atoms with E-state index in [1.807, 2.05) is 0 Å². The molecule has 2 heteroatoms. The fourth-order valence-corrected chi connectivity index (χ4v) is 1.52. The first-order valence-corrected chi connectivity index (χ1v) is 4.64. The van der Waals surface area contributed by atoms with Gasteiger partial charge in [0, 0.05) is 25.7 Å². The predicted molar refractivity (Wildman–Crippen MR) is 51.0 cm³/mol. The molecule has 1 aliphatic rings. The summed E-state index contributed by atoms with van der Waals surface area (Å²) in [6.07, 6.45) is 2.86. The van der Waals surface area contributed by atoms with Crippen molar-refractivity contribution in [2.24, 2.45) is 0 Å². The highest BCUT2D eigenvalue weighted by molar-refractivity contribution is 4.98. The van der Waals surface area contributed by atoms with Crippen molar-refractivity contribution < 1.29 is 4.74 Å². The fraction of sp³-hybridized carbons (Fsp3) is 0.800. The van der Waals surface area contributed by atoms with E-state index in [2.05, 4.69) is 32.4 Å². The summed E-state index contributed by atoms with van der Waals surface area (Å²) >= 11 is 0. The molecule has 0 radical (unpaired) electrons. The van der Waals surface area contributed by atoms with Crippen molar-refractivity contribution >= 4 is 0 Å². The molecule has 1 heterocycles. The number of nitrogens with zero attached hydrogens (tertiary/aromatic N) is 1. The number of hydrogen-bond donors (Lipinski definition) is 0. The van der Waals surface area contributed by atoms with Gasteiger partial charge in [0.2, 0.25) is 0 Å². The molecule has 1 unspecified atom stereocenters. The molecule has 2 nitrogen and oxygen atoms in total. The average molecular weight is 169 g/mol. The lowest BCUT2D eigenvalue weighted by Crippen LogP contribution is -2.33. The molecule has 1 fully saturated rings. The second-order valence-corrected chi connectivity index (χ2v) is 3.79. The molecular weight excluding hydrogens is 150 g/mol. The van der Waals surface area contributed by atoms with Gasteiger partial charge < -0.3 is 9.64 Å². The SMILES string of the molecule is C=C1CC(OC(C)C)CCN1C. The van der Waals surface area contributed by atoms with Crippen LogP contribution >= 0.6 is 0 Å². The lowest BCUT2D eigenvalue weighted by Gasteiger charge is -2.33. The maximum Gasteiger partial charge on any atom is 0.0649 e. The Morgan fingerprint density at radius 3 is 2.75 bits per heavy atom. The van der Waals surface area contributed by atoms with Crippen LogP contribution < -0.4 is 0 Å². The molecule has 0 aromatic heterocycles. The number of piperidine rings is 1. The number of rotatable bonds is 2. The van der Waals surface area contributed by atoms with Crippen molar-refractivity contribution in [3.05, 3.63) is 12.3 Å². The van der Waals surface area contributed by atoms with Crippen LogP contribution in [0.1, 0.15) is 26.7 Å². The van der Waals surface area contributed by atoms with E-state index < -0.39 is 0 Å². The van der Waals surface area contributed by atoms with Crippen molar-refractivity contribution in [2.75, 3.05) is 13.6 Å². The summed E-state index contributed by atoms with van der Waals surface area (Å²) < 4.78 is 5.72. The maximum atomic E-state index is 5.72. The summed E-state index contributed by atoms with van der Waals surface area (Å²) in [7, 11) is 2.09. The van der Waals surface area contributed by atoms with E-state index in [-0.39, 0.29) is 0 Å². The predicted octanol–water partition coefficient (Wildman–Crippen LogP) is 2.02. The van der Waals surface area contributed by atoms with E-state index in [1.165, 1.54) is 5.70 Å². The molecule has 70 valence electrons. The standard InChI is InChI=1S/C10H19NO/c1-8(2)12-10-5-6-11(4)9(3)7-10/h8,10H,3,5-7H2,1-2,4H3. The number of likely N-dealkylation sites (tertiary alicyclic amines) is 1. The lowest BCUT2D eigenvalue weighted by atomic mass is 10.1. The normalized spacial score (nSPS) is 25.2. The minimum atomic E-state index is 0.339. The zero-order chi connectivity index (χ0) is 9.14. The summed E-state index contributed by atoms with van der Waals surface area (Å²) in [5.41, 5.74) is 1.20. The molecule has 1 atom stereocenters. The molecule has 0 aromatic rings. The van der Waals surface area contributed by atoms with Crippen LogP contribution in [0.3, 0.4) is 0 Å². The number of ether oxygens (including phenoxy) is 1. The van der Waals surface area contributed by atoms with Gasteiger partial charge >= 0.3 is 0 Å². The Morgan fingerprint density at radius 2 is 2.25 bits per heavy atom. The quantitative estimate of drug-likeness (QED) is 0.627. The second kappa shape index (κ2) is 3.94. The van der Waals surface area contributed by atoms with Gasteiger partial charge in [-0.1, -0.05) is 6.58 Å². The summed E-state index contributed by atoms with van der Waals surface area (Å²) in [5, 5.41) is 0. The van der Waals surface area contributed by atoms with Crippen LogP contribution in [0.15, 0.2) is 12.3 Å². The first kappa shape index (κ1) is 9.59. The smallest absolute Gasteiger partial charge is 0.0649 e. The van der Waals surface area contributed by atoms with Crippen LogP contribution in [0.25, 0.3) is 0 Å². The molecule has 0 aliphatic carbocycles. The minimum absolute atomic E-state index is 0.339. The van der Waals surface area contributed by atoms with Gasteiger partial charge in [0.05, 0.1) is 12.2 Å². The molecule has 0 N–H and O–H groups in total. The molecule has 0 bridgehead atoms. The third-order valence-corrected chi connectivity index (χ3v) is 2.25. The summed E-state index contributed by atoms with van der Waals surface area (Å²) in [4.78, 5) is 2.21. The molecule has 0 spiro atoms. The van der Waals surface area contributed by atoms with E-state index in [9.17, 15) is 0 Å². The topological polar surface area (TPSA) is 12.5 Å². The van der Waals surface area contributed by atoms with E-state index in [1.54, 1.807) is 0 Å². The maximum absolute atomic E-state index is 5.72. The van der Waals surface area contributed by atoms with E-state index >= 15 is 0 Å². The summed E-state index contributed by atoms with van der Waals surface area (Å²) in [6.45, 7) is 9.25. The first-order chi connectivity index (χ1) is 5.59. The van der Waals surface area contributed by atoms with Crippen molar-refractivity contribution in [3.63, 3.8) is 0 Å². The molecule has 1 aliphatic heterocycles. The third-order valence-electron chi connectivity index (χ3n) is 2.25. The van der Waals surface area contributed by atoms with Gasteiger partial charge in [-0.05, 0) is 20.3 Å². The summed E-state index contributed by atoms with van der Waals surface area (Å²) in [6, 6.07) is 0. The molecule has 12 heavy (non-hydrogen) atoms. The van der Waals surface area contributed by atoms with Crippen LogP contribution in [0.2, 0.25) is 0 Å². The third kappa shape index (κ3) is 2.52. The Balaban J connectivity index is 2.35. The number of hydrogen-bond acceptors (Lipinski definition) is 2. The second-order valence-electron chi connectivity index (χ2n) is 3.79. The van der Waals surface area contributed by atoms with Crippen molar-refractivity contribution in [2.45, 2.75) is 38.9 Å².